The van der Waals surface area contributed by atoms with Gasteiger partial charge in [-0.15, -0.1) is 0 Å². The summed E-state index contributed by atoms with van der Waals surface area (Å²) in [6.07, 6.45) is 0. The van der Waals surface area contributed by atoms with Crippen LogP contribution in [-0.4, -0.2) is 80.1 Å². The standard InChI is InChI=1S/C23H30N6O3S/c1-15-12-31-9-8-28(15)22-10-21(24-11-16(2)33(30)18-13-32-14-18)26-23(27-22)29-17(3)25-19-6-4-5-7-20(19)29/h4-7,10,15-16,18H,8-9,11-14H2,1-3H3,(H,24,26,27)/t15-,16-,33?/m1/s1. The van der Waals surface area contributed by atoms with Crippen LogP contribution in [0.3, 0.4) is 0 Å². The number of ether oxygens (including phenoxy) is 2. The number of imidazole rings is 1. The van der Waals surface area contributed by atoms with Gasteiger partial charge in [-0.25, -0.2) is 4.98 Å². The maximum atomic E-state index is 12.7. The molecule has 2 fully saturated rings. The molecule has 4 heterocycles. The Morgan fingerprint density at radius 2 is 2.00 bits per heavy atom. The molecule has 33 heavy (non-hydrogen) atoms. The van der Waals surface area contributed by atoms with Crippen molar-refractivity contribution in [3.8, 4) is 5.95 Å². The summed E-state index contributed by atoms with van der Waals surface area (Å²) in [6, 6.07) is 10.2. The fraction of sp³-hybridized carbons (Fsp3) is 0.522. The lowest BCUT2D eigenvalue weighted by Gasteiger charge is -2.34. The first-order valence-corrected chi connectivity index (χ1v) is 12.7. The van der Waals surface area contributed by atoms with Gasteiger partial charge in [0.2, 0.25) is 5.95 Å². The summed E-state index contributed by atoms with van der Waals surface area (Å²) >= 11 is -0.942. The van der Waals surface area contributed by atoms with Crippen LogP contribution in [0.5, 0.6) is 0 Å². The van der Waals surface area contributed by atoms with Crippen molar-refractivity contribution >= 4 is 33.8 Å². The predicted octanol–water partition coefficient (Wildman–Crippen LogP) is 2.30. The number of nitrogens with one attached hydrogen (secondary N) is 1. The van der Waals surface area contributed by atoms with E-state index in [1.807, 2.05) is 48.7 Å². The molecule has 0 amide bonds. The number of anilines is 2. The monoisotopic (exact) mass is 470 g/mol. The average molecular weight is 471 g/mol. The van der Waals surface area contributed by atoms with Crippen molar-refractivity contribution in [1.29, 1.82) is 0 Å². The molecule has 10 heteroatoms. The van der Waals surface area contributed by atoms with Gasteiger partial charge in [-0.3, -0.25) is 4.57 Å². The maximum Gasteiger partial charge on any atom is 0.239 e. The summed E-state index contributed by atoms with van der Waals surface area (Å²) in [5.74, 6) is 2.95. The first kappa shape index (κ1) is 22.4. The third-order valence-electron chi connectivity index (χ3n) is 6.19. The topological polar surface area (TPSA) is 100 Å². The van der Waals surface area contributed by atoms with E-state index in [1.165, 1.54) is 0 Å². The van der Waals surface area contributed by atoms with Gasteiger partial charge in [0.25, 0.3) is 0 Å². The number of para-hydroxylation sites is 2. The van der Waals surface area contributed by atoms with Gasteiger partial charge in [-0.1, -0.05) is 12.1 Å². The highest BCUT2D eigenvalue weighted by Crippen LogP contribution is 2.26. The average Bonchev–Trinajstić information content (AvgIpc) is 3.12. The molecule has 0 radical (unpaired) electrons. The van der Waals surface area contributed by atoms with Crippen LogP contribution in [0, 0.1) is 6.92 Å². The van der Waals surface area contributed by atoms with E-state index in [0.717, 1.165) is 29.2 Å². The summed E-state index contributed by atoms with van der Waals surface area (Å²) in [7, 11) is 0. The predicted molar refractivity (Wildman–Crippen MR) is 130 cm³/mol. The largest absolute Gasteiger partial charge is 0.616 e. The Labute approximate surface area is 196 Å². The van der Waals surface area contributed by atoms with E-state index in [-0.39, 0.29) is 16.5 Å². The molecule has 9 nitrogen and oxygen atoms in total. The number of aryl methyl sites for hydroxylation is 1. The zero-order chi connectivity index (χ0) is 22.9. The third kappa shape index (κ3) is 4.52. The van der Waals surface area contributed by atoms with Gasteiger partial charge in [0.05, 0.1) is 50.0 Å². The molecule has 1 aromatic carbocycles. The lowest BCUT2D eigenvalue weighted by molar-refractivity contribution is 0.0413. The van der Waals surface area contributed by atoms with E-state index in [9.17, 15) is 4.55 Å². The molecule has 176 valence electrons. The Hall–Kier alpha value is -2.40. The minimum absolute atomic E-state index is 0.0149. The van der Waals surface area contributed by atoms with Gasteiger partial charge in [0.15, 0.2) is 5.25 Å². The molecular formula is C23H30N6O3S. The van der Waals surface area contributed by atoms with Crippen LogP contribution in [0.25, 0.3) is 17.0 Å². The van der Waals surface area contributed by atoms with Crippen LogP contribution in [0.15, 0.2) is 30.3 Å². The van der Waals surface area contributed by atoms with Gasteiger partial charge in [-0.05, 0) is 44.1 Å². The zero-order valence-electron chi connectivity index (χ0n) is 19.2. The molecule has 2 saturated heterocycles. The van der Waals surface area contributed by atoms with Crippen LogP contribution in [-0.2, 0) is 20.6 Å². The molecule has 0 saturated carbocycles. The molecular weight excluding hydrogens is 440 g/mol. The van der Waals surface area contributed by atoms with Crippen LogP contribution < -0.4 is 10.2 Å². The highest BCUT2D eigenvalue weighted by Gasteiger charge is 2.34. The number of benzene rings is 1. The second kappa shape index (κ2) is 9.46. The number of nitrogens with zero attached hydrogens (tertiary/aromatic N) is 5. The molecule has 2 aliphatic rings. The molecule has 3 aromatic rings. The van der Waals surface area contributed by atoms with Crippen molar-refractivity contribution in [2.24, 2.45) is 0 Å². The Morgan fingerprint density at radius 1 is 1.18 bits per heavy atom. The molecule has 0 bridgehead atoms. The smallest absolute Gasteiger partial charge is 0.239 e. The van der Waals surface area contributed by atoms with Gasteiger partial charge in [-0.2, -0.15) is 9.97 Å². The zero-order valence-corrected chi connectivity index (χ0v) is 20.0. The minimum atomic E-state index is -0.942. The summed E-state index contributed by atoms with van der Waals surface area (Å²) in [6.45, 7) is 9.92. The molecule has 3 atom stereocenters. The quantitative estimate of drug-likeness (QED) is 0.525. The molecule has 0 spiro atoms. The maximum absolute atomic E-state index is 12.7. The Kier molecular flexibility index (Phi) is 6.42. The summed E-state index contributed by atoms with van der Waals surface area (Å²) in [5, 5.41) is 3.53. The molecule has 1 N–H and O–H groups in total. The fourth-order valence-corrected chi connectivity index (χ4v) is 5.60. The Balaban J connectivity index is 1.48. The lowest BCUT2D eigenvalue weighted by atomic mass is 10.2. The van der Waals surface area contributed by atoms with Crippen molar-refractivity contribution in [3.05, 3.63) is 36.2 Å². The Morgan fingerprint density at radius 3 is 2.76 bits per heavy atom. The molecule has 5 rings (SSSR count). The van der Waals surface area contributed by atoms with Gasteiger partial charge >= 0.3 is 0 Å². The first-order chi connectivity index (χ1) is 16.0. The van der Waals surface area contributed by atoms with Crippen LogP contribution in [0.1, 0.15) is 19.7 Å². The van der Waals surface area contributed by atoms with Crippen molar-refractivity contribution < 1.29 is 14.0 Å². The van der Waals surface area contributed by atoms with E-state index in [4.69, 9.17) is 19.4 Å². The second-order valence-corrected chi connectivity index (χ2v) is 10.8. The van der Waals surface area contributed by atoms with Crippen LogP contribution in [0.4, 0.5) is 11.6 Å². The Bertz CT molecular complexity index is 1120. The van der Waals surface area contributed by atoms with E-state index in [1.54, 1.807) is 0 Å². The summed E-state index contributed by atoms with van der Waals surface area (Å²) in [4.78, 5) is 16.7. The number of rotatable bonds is 7. The van der Waals surface area contributed by atoms with E-state index >= 15 is 0 Å². The second-order valence-electron chi connectivity index (χ2n) is 8.69. The lowest BCUT2D eigenvalue weighted by Crippen LogP contribution is -2.46. The van der Waals surface area contributed by atoms with Crippen LogP contribution >= 0.6 is 0 Å². The van der Waals surface area contributed by atoms with Crippen molar-refractivity contribution in [3.63, 3.8) is 0 Å². The molecule has 2 aliphatic heterocycles. The van der Waals surface area contributed by atoms with Crippen molar-refractivity contribution in [2.45, 2.75) is 37.3 Å². The molecule has 0 aliphatic carbocycles. The third-order valence-corrected chi connectivity index (χ3v) is 8.08. The van der Waals surface area contributed by atoms with E-state index < -0.39 is 11.2 Å². The van der Waals surface area contributed by atoms with E-state index in [0.29, 0.717) is 44.7 Å². The first-order valence-electron chi connectivity index (χ1n) is 11.4. The SMILES string of the molecule is Cc1nc2ccccc2n1-c1nc(NC[C@@H](C)[S+]([O-])C2COC2)cc(N2CCOC[C@H]2C)n1. The van der Waals surface area contributed by atoms with E-state index in [2.05, 4.69) is 22.1 Å². The van der Waals surface area contributed by atoms with Crippen molar-refractivity contribution in [2.75, 3.05) is 49.7 Å². The minimum Gasteiger partial charge on any atom is -0.616 e. The molecule has 1 unspecified atom stereocenters. The summed E-state index contributed by atoms with van der Waals surface area (Å²) < 4.78 is 25.5. The van der Waals surface area contributed by atoms with Gasteiger partial charge < -0.3 is 24.2 Å². The fourth-order valence-electron chi connectivity index (χ4n) is 4.23. The molecule has 2 aromatic heterocycles. The number of hydrogen-bond acceptors (Lipinski definition) is 8. The number of aromatic nitrogens is 4. The van der Waals surface area contributed by atoms with Gasteiger partial charge in [0.1, 0.15) is 22.7 Å². The number of morpholine rings is 1. The number of fused-ring (bicyclic) bond motifs is 1. The number of hydrogen-bond donors (Lipinski definition) is 1. The van der Waals surface area contributed by atoms with Crippen LogP contribution in [0.2, 0.25) is 0 Å². The van der Waals surface area contributed by atoms with Gasteiger partial charge in [0, 0.05) is 12.6 Å². The summed E-state index contributed by atoms with van der Waals surface area (Å²) in [5.41, 5.74) is 1.87. The highest BCUT2D eigenvalue weighted by molar-refractivity contribution is 7.92. The van der Waals surface area contributed by atoms with Crippen molar-refractivity contribution in [1.82, 2.24) is 19.5 Å². The highest BCUT2D eigenvalue weighted by atomic mass is 32.2. The normalized spacial score (nSPS) is 21.1.